The number of halogens is 2. The van der Waals surface area contributed by atoms with E-state index in [1.165, 1.54) is 16.7 Å². The summed E-state index contributed by atoms with van der Waals surface area (Å²) in [4.78, 5) is 0. The summed E-state index contributed by atoms with van der Waals surface area (Å²) in [5.41, 5.74) is 3.85. The molecule has 0 aromatic heterocycles. The van der Waals surface area contributed by atoms with Crippen LogP contribution in [-0.4, -0.2) is 0 Å². The van der Waals surface area contributed by atoms with E-state index in [-0.39, 0.29) is 0 Å². The number of rotatable bonds is 1. The highest BCUT2D eigenvalue weighted by atomic mass is 35.5. The quantitative estimate of drug-likeness (QED) is 0.614. The van der Waals surface area contributed by atoms with Gasteiger partial charge in [0, 0.05) is 16.0 Å². The minimum absolute atomic E-state index is 0.400. The summed E-state index contributed by atoms with van der Waals surface area (Å²) >= 11 is 12.4. The van der Waals surface area contributed by atoms with Crippen molar-refractivity contribution in [1.82, 2.24) is 0 Å². The molecule has 0 radical (unpaired) electrons. The summed E-state index contributed by atoms with van der Waals surface area (Å²) in [5, 5.41) is 1.76. The molecule has 1 aliphatic carbocycles. The Hall–Kier alpha value is -0.720. The number of benzene rings is 1. The van der Waals surface area contributed by atoms with Crippen LogP contribution in [0, 0.1) is 0 Å². The van der Waals surface area contributed by atoms with Gasteiger partial charge in [0.25, 0.3) is 0 Å². The molecule has 17 heavy (non-hydrogen) atoms. The molecule has 90 valence electrons. The zero-order valence-corrected chi connectivity index (χ0v) is 11.6. The Labute approximate surface area is 113 Å². The van der Waals surface area contributed by atoms with Crippen molar-refractivity contribution in [2.24, 2.45) is 0 Å². The molecule has 2 rings (SSSR count). The first-order chi connectivity index (χ1) is 8.15. The average Bonchev–Trinajstić information content (AvgIpc) is 2.73. The van der Waals surface area contributed by atoms with Crippen molar-refractivity contribution in [3.63, 3.8) is 0 Å². The van der Waals surface area contributed by atoms with E-state index in [0.717, 1.165) is 22.9 Å². The molecule has 1 aliphatic rings. The summed E-state index contributed by atoms with van der Waals surface area (Å²) in [6.07, 6.45) is 4.32. The van der Waals surface area contributed by atoms with Crippen LogP contribution in [-0.2, 0) is 0 Å². The van der Waals surface area contributed by atoms with Gasteiger partial charge in [0.1, 0.15) is 0 Å². The van der Waals surface area contributed by atoms with Crippen LogP contribution >= 0.6 is 23.2 Å². The third kappa shape index (κ3) is 2.43. The lowest BCUT2D eigenvalue weighted by atomic mass is 9.92. The van der Waals surface area contributed by atoms with E-state index < -0.39 is 0 Å². The first kappa shape index (κ1) is 12.7. The van der Waals surface area contributed by atoms with E-state index in [9.17, 15) is 0 Å². The van der Waals surface area contributed by atoms with Crippen molar-refractivity contribution >= 4 is 23.2 Å². The van der Waals surface area contributed by atoms with Crippen molar-refractivity contribution in [3.8, 4) is 0 Å². The van der Waals surface area contributed by atoms with Crippen molar-refractivity contribution in [3.05, 3.63) is 57.1 Å². The molecule has 0 heterocycles. The largest absolute Gasteiger partial charge is 0.0892 e. The van der Waals surface area contributed by atoms with Crippen molar-refractivity contribution in [1.29, 1.82) is 0 Å². The fourth-order valence-electron chi connectivity index (χ4n) is 2.63. The Morgan fingerprint density at radius 2 is 2.06 bits per heavy atom. The van der Waals surface area contributed by atoms with Gasteiger partial charge in [-0.15, -0.1) is 0 Å². The van der Waals surface area contributed by atoms with Gasteiger partial charge in [-0.05, 0) is 49.5 Å². The van der Waals surface area contributed by atoms with Crippen LogP contribution in [0.5, 0.6) is 0 Å². The zero-order valence-electron chi connectivity index (χ0n) is 10.1. The van der Waals surface area contributed by atoms with Crippen LogP contribution in [0.3, 0.4) is 0 Å². The highest BCUT2D eigenvalue weighted by Crippen LogP contribution is 2.46. The molecule has 1 saturated carbocycles. The molecule has 0 amide bonds. The molecule has 1 fully saturated rings. The minimum Gasteiger partial charge on any atom is -0.0892 e. The van der Waals surface area contributed by atoms with Crippen LogP contribution < -0.4 is 0 Å². The van der Waals surface area contributed by atoms with Gasteiger partial charge in [0.2, 0.25) is 0 Å². The van der Waals surface area contributed by atoms with Gasteiger partial charge >= 0.3 is 0 Å². The van der Waals surface area contributed by atoms with Gasteiger partial charge in [-0.2, -0.15) is 0 Å². The van der Waals surface area contributed by atoms with E-state index in [0.29, 0.717) is 5.92 Å². The molecular formula is C15H16Cl2. The Balaban J connectivity index is 2.43. The molecule has 1 unspecified atom stereocenters. The van der Waals surface area contributed by atoms with Gasteiger partial charge in [-0.25, -0.2) is 0 Å². The Morgan fingerprint density at radius 1 is 1.35 bits per heavy atom. The maximum Gasteiger partial charge on any atom is 0.0444 e. The summed E-state index contributed by atoms with van der Waals surface area (Å²) in [6.45, 7) is 4.04. The normalized spacial score (nSPS) is 25.4. The molecule has 0 nitrogen and oxygen atoms in total. The van der Waals surface area contributed by atoms with Crippen LogP contribution in [0.4, 0.5) is 0 Å². The lowest BCUT2D eigenvalue weighted by Gasteiger charge is -2.14. The smallest absolute Gasteiger partial charge is 0.0444 e. The van der Waals surface area contributed by atoms with E-state index >= 15 is 0 Å². The fraction of sp³-hybridized carbons (Fsp3) is 0.333. The van der Waals surface area contributed by atoms with E-state index in [1.807, 2.05) is 25.1 Å². The van der Waals surface area contributed by atoms with Crippen LogP contribution in [0.1, 0.15) is 38.2 Å². The molecule has 1 aromatic carbocycles. The Kier molecular flexibility index (Phi) is 3.96. The molecule has 2 heteroatoms. The summed E-state index contributed by atoms with van der Waals surface area (Å²) in [5.74, 6) is 0.400. The maximum absolute atomic E-state index is 6.28. The second-order valence-corrected chi connectivity index (χ2v) is 5.34. The molecular weight excluding hydrogens is 251 g/mol. The van der Waals surface area contributed by atoms with E-state index in [2.05, 4.69) is 19.1 Å². The van der Waals surface area contributed by atoms with Crippen LogP contribution in [0.15, 0.2) is 46.5 Å². The first-order valence-corrected chi connectivity index (χ1v) is 6.67. The van der Waals surface area contributed by atoms with Gasteiger partial charge < -0.3 is 0 Å². The monoisotopic (exact) mass is 266 g/mol. The number of hydrogen-bond donors (Lipinski definition) is 0. The second kappa shape index (κ2) is 5.29. The SMILES string of the molecule is CC=C1C(=C(C)Cl)CCC1c1ccccc1Cl. The van der Waals surface area contributed by atoms with Gasteiger partial charge in [0.15, 0.2) is 0 Å². The minimum atomic E-state index is 0.400. The van der Waals surface area contributed by atoms with Gasteiger partial charge in [-0.1, -0.05) is 47.5 Å². The maximum atomic E-state index is 6.28. The zero-order chi connectivity index (χ0) is 12.4. The molecule has 1 aromatic rings. The van der Waals surface area contributed by atoms with Crippen molar-refractivity contribution in [2.45, 2.75) is 32.6 Å². The summed E-state index contributed by atoms with van der Waals surface area (Å²) in [7, 11) is 0. The van der Waals surface area contributed by atoms with E-state index in [1.54, 1.807) is 0 Å². The second-order valence-electron chi connectivity index (χ2n) is 4.37. The van der Waals surface area contributed by atoms with Crippen molar-refractivity contribution < 1.29 is 0 Å². The topological polar surface area (TPSA) is 0 Å². The summed E-state index contributed by atoms with van der Waals surface area (Å²) < 4.78 is 0. The van der Waals surface area contributed by atoms with E-state index in [4.69, 9.17) is 23.2 Å². The Morgan fingerprint density at radius 3 is 2.65 bits per heavy atom. The predicted molar refractivity (Wildman–Crippen MR) is 75.7 cm³/mol. The highest BCUT2D eigenvalue weighted by Gasteiger charge is 2.28. The number of hydrogen-bond acceptors (Lipinski definition) is 0. The van der Waals surface area contributed by atoms with Gasteiger partial charge in [-0.3, -0.25) is 0 Å². The third-order valence-corrected chi connectivity index (χ3v) is 3.99. The van der Waals surface area contributed by atoms with Crippen LogP contribution in [0.25, 0.3) is 0 Å². The van der Waals surface area contributed by atoms with Gasteiger partial charge in [0.05, 0.1) is 0 Å². The Bertz CT molecular complexity index is 479. The average molecular weight is 267 g/mol. The first-order valence-electron chi connectivity index (χ1n) is 5.91. The lowest BCUT2D eigenvalue weighted by Crippen LogP contribution is -1.97. The molecule has 0 bridgehead atoms. The molecule has 0 saturated heterocycles. The predicted octanol–water partition coefficient (Wildman–Crippen LogP) is 5.68. The number of allylic oxidation sites excluding steroid dienone is 4. The van der Waals surface area contributed by atoms with Crippen LogP contribution in [0.2, 0.25) is 5.02 Å². The molecule has 0 spiro atoms. The standard InChI is InChI=1S/C15H16Cl2/c1-3-11-12(10(2)16)8-9-13(11)14-6-4-5-7-15(14)17/h3-7,13H,8-9H2,1-2H3. The fourth-order valence-corrected chi connectivity index (χ4v) is 3.10. The molecule has 0 aliphatic heterocycles. The van der Waals surface area contributed by atoms with Crippen molar-refractivity contribution in [2.75, 3.05) is 0 Å². The highest BCUT2D eigenvalue weighted by molar-refractivity contribution is 6.31. The lowest BCUT2D eigenvalue weighted by molar-refractivity contribution is 0.799. The molecule has 0 N–H and O–H groups in total. The molecule has 1 atom stereocenters. The third-order valence-electron chi connectivity index (χ3n) is 3.41. The summed E-state index contributed by atoms with van der Waals surface area (Å²) in [6, 6.07) is 8.09.